The van der Waals surface area contributed by atoms with Crippen molar-refractivity contribution in [2.75, 3.05) is 11.9 Å². The maximum absolute atomic E-state index is 12.9. The average Bonchev–Trinajstić information content (AvgIpc) is 3.10. The van der Waals surface area contributed by atoms with E-state index in [0.717, 1.165) is 24.1 Å². The van der Waals surface area contributed by atoms with Crippen LogP contribution in [0.3, 0.4) is 0 Å². The van der Waals surface area contributed by atoms with Gasteiger partial charge >= 0.3 is 0 Å². The van der Waals surface area contributed by atoms with Gasteiger partial charge in [0.2, 0.25) is 0 Å². The largest absolute Gasteiger partial charge is 0.380 e. The summed E-state index contributed by atoms with van der Waals surface area (Å²) < 4.78 is 0. The van der Waals surface area contributed by atoms with Gasteiger partial charge in [-0.2, -0.15) is 0 Å². The van der Waals surface area contributed by atoms with Crippen molar-refractivity contribution in [1.29, 1.82) is 0 Å². The van der Waals surface area contributed by atoms with Crippen LogP contribution in [-0.4, -0.2) is 29.2 Å². The van der Waals surface area contributed by atoms with E-state index in [1.54, 1.807) is 11.8 Å². The minimum absolute atomic E-state index is 0.0653. The molecule has 1 amide bonds. The van der Waals surface area contributed by atoms with Crippen molar-refractivity contribution in [3.8, 4) is 0 Å². The lowest BCUT2D eigenvalue weighted by molar-refractivity contribution is -0.120. The number of para-hydroxylation sites is 1. The molecule has 0 unspecified atom stereocenters. The molecule has 0 aromatic heterocycles. The molecule has 2 aromatic rings. The highest BCUT2D eigenvalue weighted by molar-refractivity contribution is 6.02. The molecule has 1 heterocycles. The van der Waals surface area contributed by atoms with E-state index in [-0.39, 0.29) is 17.7 Å². The topological polar surface area (TPSA) is 49.4 Å². The highest BCUT2D eigenvalue weighted by Gasteiger charge is 2.33. The van der Waals surface area contributed by atoms with Gasteiger partial charge in [0.05, 0.1) is 11.6 Å². The summed E-state index contributed by atoms with van der Waals surface area (Å²) in [6.45, 7) is 2.87. The van der Waals surface area contributed by atoms with E-state index < -0.39 is 0 Å². The number of nitrogens with one attached hydrogen (secondary N) is 1. The van der Waals surface area contributed by atoms with Crippen LogP contribution in [0.4, 0.5) is 5.69 Å². The van der Waals surface area contributed by atoms with Crippen molar-refractivity contribution in [3.05, 3.63) is 65.7 Å². The maximum Gasteiger partial charge on any atom is 0.256 e. The molecule has 0 saturated carbocycles. The number of nitrogens with zero attached hydrogens (tertiary/aromatic N) is 1. The Labute approximate surface area is 142 Å². The van der Waals surface area contributed by atoms with Gasteiger partial charge in [0, 0.05) is 18.8 Å². The van der Waals surface area contributed by atoms with Crippen LogP contribution in [0, 0.1) is 0 Å². The van der Waals surface area contributed by atoms with Crippen LogP contribution in [0.15, 0.2) is 54.6 Å². The monoisotopic (exact) mass is 322 g/mol. The van der Waals surface area contributed by atoms with Gasteiger partial charge in [0.1, 0.15) is 0 Å². The molecule has 4 nitrogen and oxygen atoms in total. The highest BCUT2D eigenvalue weighted by Crippen LogP contribution is 2.24. The van der Waals surface area contributed by atoms with Crippen LogP contribution >= 0.6 is 0 Å². The minimum Gasteiger partial charge on any atom is -0.380 e. The van der Waals surface area contributed by atoms with Gasteiger partial charge in [-0.05, 0) is 37.5 Å². The van der Waals surface area contributed by atoms with Gasteiger partial charge < -0.3 is 10.2 Å². The molecule has 1 saturated heterocycles. The minimum atomic E-state index is -0.278. The van der Waals surface area contributed by atoms with Gasteiger partial charge in [-0.25, -0.2) is 0 Å². The molecular weight excluding hydrogens is 300 g/mol. The lowest BCUT2D eigenvalue weighted by Gasteiger charge is -2.24. The van der Waals surface area contributed by atoms with E-state index in [1.165, 1.54) is 0 Å². The second-order valence-electron chi connectivity index (χ2n) is 6.15. The number of hydrogen-bond donors (Lipinski definition) is 1. The third kappa shape index (κ3) is 3.48. The van der Waals surface area contributed by atoms with Crippen molar-refractivity contribution in [2.24, 2.45) is 0 Å². The number of benzene rings is 2. The lowest BCUT2D eigenvalue weighted by atomic mass is 10.1. The van der Waals surface area contributed by atoms with Crippen molar-refractivity contribution in [3.63, 3.8) is 0 Å². The Kier molecular flexibility index (Phi) is 4.94. The number of Topliss-reactive ketones (excluding diaryl/α,β-unsaturated/α-hetero) is 1. The normalized spacial score (nSPS) is 16.9. The summed E-state index contributed by atoms with van der Waals surface area (Å²) in [5.41, 5.74) is 2.59. The summed E-state index contributed by atoms with van der Waals surface area (Å²) in [5.74, 6) is -0.000521. The Balaban J connectivity index is 1.78. The maximum atomic E-state index is 12.9. The molecule has 0 radical (unpaired) electrons. The highest BCUT2D eigenvalue weighted by atomic mass is 16.2. The van der Waals surface area contributed by atoms with Crippen LogP contribution in [-0.2, 0) is 11.3 Å². The number of carbonyl (C=O) groups excluding carboxylic acids is 2. The fourth-order valence-corrected chi connectivity index (χ4v) is 3.20. The van der Waals surface area contributed by atoms with Crippen molar-refractivity contribution in [1.82, 2.24) is 4.90 Å². The number of hydrogen-bond acceptors (Lipinski definition) is 3. The molecule has 1 aliphatic rings. The number of rotatable bonds is 5. The zero-order valence-corrected chi connectivity index (χ0v) is 13.9. The van der Waals surface area contributed by atoms with E-state index in [4.69, 9.17) is 0 Å². The van der Waals surface area contributed by atoms with E-state index >= 15 is 0 Å². The van der Waals surface area contributed by atoms with Crippen LogP contribution < -0.4 is 5.32 Å². The molecule has 1 fully saturated rings. The van der Waals surface area contributed by atoms with Gasteiger partial charge in [0.15, 0.2) is 5.78 Å². The summed E-state index contributed by atoms with van der Waals surface area (Å²) in [5, 5.41) is 3.35. The number of likely N-dealkylation sites (tertiary alicyclic amines) is 1. The predicted octanol–water partition coefficient (Wildman–Crippen LogP) is 3.49. The SMILES string of the molecule is CC(=O)[C@@H]1CCCN1C(=O)c1ccccc1NCc1ccccc1. The third-order valence-corrected chi connectivity index (χ3v) is 4.47. The standard InChI is InChI=1S/C20H22N2O2/c1-15(23)19-12-7-13-22(19)20(24)17-10-5-6-11-18(17)21-14-16-8-3-2-4-9-16/h2-6,8-11,19,21H,7,12-14H2,1H3/t19-/m0/s1. The first kappa shape index (κ1) is 16.2. The van der Waals surface area contributed by atoms with Gasteiger partial charge in [-0.1, -0.05) is 42.5 Å². The number of amides is 1. The van der Waals surface area contributed by atoms with Crippen molar-refractivity contribution in [2.45, 2.75) is 32.4 Å². The Morgan fingerprint density at radius 3 is 2.54 bits per heavy atom. The molecular formula is C20H22N2O2. The molecule has 1 N–H and O–H groups in total. The quantitative estimate of drug-likeness (QED) is 0.916. The molecule has 1 aliphatic heterocycles. The Morgan fingerprint density at radius 1 is 1.08 bits per heavy atom. The zero-order valence-electron chi connectivity index (χ0n) is 13.9. The summed E-state index contributed by atoms with van der Waals surface area (Å²) >= 11 is 0. The molecule has 2 aromatic carbocycles. The van der Waals surface area contributed by atoms with Gasteiger partial charge in [0.25, 0.3) is 5.91 Å². The van der Waals surface area contributed by atoms with E-state index in [9.17, 15) is 9.59 Å². The Hall–Kier alpha value is -2.62. The zero-order chi connectivity index (χ0) is 16.9. The molecule has 124 valence electrons. The fraction of sp³-hybridized carbons (Fsp3) is 0.300. The number of anilines is 1. The molecule has 24 heavy (non-hydrogen) atoms. The third-order valence-electron chi connectivity index (χ3n) is 4.47. The Morgan fingerprint density at radius 2 is 1.79 bits per heavy atom. The second kappa shape index (κ2) is 7.30. The predicted molar refractivity (Wildman–Crippen MR) is 95.0 cm³/mol. The number of carbonyl (C=O) groups is 2. The second-order valence-corrected chi connectivity index (χ2v) is 6.15. The summed E-state index contributed by atoms with van der Waals surface area (Å²) in [4.78, 5) is 26.4. The number of ketones is 1. The molecule has 0 bridgehead atoms. The Bertz CT molecular complexity index is 727. The molecule has 0 spiro atoms. The average molecular weight is 322 g/mol. The molecule has 1 atom stereocenters. The van der Waals surface area contributed by atoms with Crippen LogP contribution in [0.25, 0.3) is 0 Å². The molecule has 4 heteroatoms. The lowest BCUT2D eigenvalue weighted by Crippen LogP contribution is -2.39. The van der Waals surface area contributed by atoms with Crippen LogP contribution in [0.1, 0.15) is 35.7 Å². The molecule has 0 aliphatic carbocycles. The van der Waals surface area contributed by atoms with E-state index in [0.29, 0.717) is 18.7 Å². The smallest absolute Gasteiger partial charge is 0.256 e. The van der Waals surface area contributed by atoms with E-state index in [1.807, 2.05) is 54.6 Å². The van der Waals surface area contributed by atoms with Gasteiger partial charge in [-0.3, -0.25) is 9.59 Å². The first-order valence-electron chi connectivity index (χ1n) is 8.35. The van der Waals surface area contributed by atoms with Crippen molar-refractivity contribution < 1.29 is 9.59 Å². The van der Waals surface area contributed by atoms with Crippen molar-refractivity contribution >= 4 is 17.4 Å². The summed E-state index contributed by atoms with van der Waals surface area (Å²) in [6.07, 6.45) is 1.65. The fourth-order valence-electron chi connectivity index (χ4n) is 3.20. The first-order valence-corrected chi connectivity index (χ1v) is 8.35. The first-order chi connectivity index (χ1) is 11.7. The molecule has 3 rings (SSSR count). The van der Waals surface area contributed by atoms with Crippen LogP contribution in [0.2, 0.25) is 0 Å². The summed E-state index contributed by atoms with van der Waals surface area (Å²) in [7, 11) is 0. The van der Waals surface area contributed by atoms with Gasteiger partial charge in [-0.15, -0.1) is 0 Å². The summed E-state index contributed by atoms with van der Waals surface area (Å²) in [6, 6.07) is 17.3. The van der Waals surface area contributed by atoms with E-state index in [2.05, 4.69) is 5.32 Å². The van der Waals surface area contributed by atoms with Crippen LogP contribution in [0.5, 0.6) is 0 Å².